The number of anilines is 3. The van der Waals surface area contributed by atoms with E-state index in [-0.39, 0.29) is 17.7 Å². The molecule has 3 heterocycles. The summed E-state index contributed by atoms with van der Waals surface area (Å²) in [7, 11) is 1.80. The molecule has 0 unspecified atom stereocenters. The van der Waals surface area contributed by atoms with Gasteiger partial charge in [-0.25, -0.2) is 4.98 Å². The first kappa shape index (κ1) is 23.6. The van der Waals surface area contributed by atoms with Gasteiger partial charge in [-0.15, -0.1) is 0 Å². The van der Waals surface area contributed by atoms with E-state index in [4.69, 9.17) is 9.72 Å². The highest BCUT2D eigenvalue weighted by Gasteiger charge is 2.23. The van der Waals surface area contributed by atoms with E-state index in [1.807, 2.05) is 25.1 Å². The van der Waals surface area contributed by atoms with Crippen LogP contribution in [0.5, 0.6) is 0 Å². The van der Waals surface area contributed by atoms with Gasteiger partial charge in [0.2, 0.25) is 5.95 Å². The topological polar surface area (TPSA) is 82.9 Å². The monoisotopic (exact) mass is 477 g/mol. The van der Waals surface area contributed by atoms with Crippen LogP contribution in [0.4, 0.5) is 17.3 Å². The molecule has 0 amide bonds. The lowest BCUT2D eigenvalue weighted by Gasteiger charge is -2.34. The molecule has 2 atom stereocenters. The summed E-state index contributed by atoms with van der Waals surface area (Å²) in [4.78, 5) is 22.8. The lowest BCUT2D eigenvalue weighted by atomic mass is 10.0. The number of β-amino-alcohol motifs (C(OH)–C–C–N with tert-alkyl or cyclic N) is 1. The molecule has 3 aromatic rings. The molecule has 2 fully saturated rings. The van der Waals surface area contributed by atoms with Crippen molar-refractivity contribution in [1.29, 1.82) is 0 Å². The molecule has 0 radical (unpaired) electrons. The normalized spacial score (nSPS) is 19.7. The van der Waals surface area contributed by atoms with Gasteiger partial charge in [-0.3, -0.25) is 9.36 Å². The predicted octanol–water partition coefficient (Wildman–Crippen LogP) is 3.21. The maximum atomic E-state index is 13.4. The van der Waals surface area contributed by atoms with Gasteiger partial charge in [0.05, 0.1) is 47.6 Å². The summed E-state index contributed by atoms with van der Waals surface area (Å²) in [5, 5.41) is 14.5. The van der Waals surface area contributed by atoms with Crippen LogP contribution in [0.25, 0.3) is 10.9 Å². The number of hydrogen-bond donors (Lipinski definition) is 2. The zero-order valence-electron chi connectivity index (χ0n) is 20.8. The van der Waals surface area contributed by atoms with Crippen molar-refractivity contribution in [2.75, 3.05) is 54.5 Å². The van der Waals surface area contributed by atoms with E-state index in [1.165, 1.54) is 0 Å². The van der Waals surface area contributed by atoms with Crippen molar-refractivity contribution < 1.29 is 9.84 Å². The second-order valence-electron chi connectivity index (χ2n) is 9.75. The van der Waals surface area contributed by atoms with Gasteiger partial charge >= 0.3 is 0 Å². The Morgan fingerprint density at radius 2 is 1.91 bits per heavy atom. The Bertz CT molecular complexity index is 1270. The fourth-order valence-corrected chi connectivity index (χ4v) is 5.27. The first-order chi connectivity index (χ1) is 16.9. The summed E-state index contributed by atoms with van der Waals surface area (Å²) in [6.07, 6.45) is 1.53. The van der Waals surface area contributed by atoms with Crippen molar-refractivity contribution in [3.8, 4) is 0 Å². The number of aliphatic hydroxyl groups is 1. The number of para-hydroxylation sites is 2. The van der Waals surface area contributed by atoms with Gasteiger partial charge in [0.1, 0.15) is 0 Å². The molecule has 8 nitrogen and oxygen atoms in total. The third kappa shape index (κ3) is 4.73. The first-order valence-corrected chi connectivity index (χ1v) is 12.5. The summed E-state index contributed by atoms with van der Waals surface area (Å²) >= 11 is 0. The van der Waals surface area contributed by atoms with Crippen molar-refractivity contribution >= 4 is 28.2 Å². The minimum atomic E-state index is -0.297. The highest BCUT2D eigenvalue weighted by molar-refractivity contribution is 5.84. The van der Waals surface area contributed by atoms with Crippen LogP contribution in [0.15, 0.2) is 41.2 Å². The number of nitrogens with one attached hydrogen (secondary N) is 1. The van der Waals surface area contributed by atoms with Crippen LogP contribution >= 0.6 is 0 Å². The smallest absolute Gasteiger partial charge is 0.262 e. The number of ether oxygens (including phenoxy) is 1. The Morgan fingerprint density at radius 1 is 1.14 bits per heavy atom. The molecule has 5 rings (SSSR count). The second kappa shape index (κ2) is 9.87. The van der Waals surface area contributed by atoms with E-state index in [0.29, 0.717) is 31.1 Å². The number of aromatic nitrogens is 2. The number of hydrogen-bond acceptors (Lipinski definition) is 7. The average Bonchev–Trinajstić information content (AvgIpc) is 2.87. The molecule has 0 spiro atoms. The number of piperidine rings is 1. The molecule has 35 heavy (non-hydrogen) atoms. The van der Waals surface area contributed by atoms with Gasteiger partial charge in [0.15, 0.2) is 0 Å². The van der Waals surface area contributed by atoms with E-state index in [9.17, 15) is 9.90 Å². The Balaban J connectivity index is 1.54. The Hall–Kier alpha value is -3.10. The largest absolute Gasteiger partial charge is 0.391 e. The second-order valence-corrected chi connectivity index (χ2v) is 9.75. The third-order valence-corrected chi connectivity index (χ3v) is 7.10. The quantitative estimate of drug-likeness (QED) is 0.584. The van der Waals surface area contributed by atoms with E-state index in [0.717, 1.165) is 60.5 Å². The third-order valence-electron chi connectivity index (χ3n) is 7.10. The highest BCUT2D eigenvalue weighted by atomic mass is 16.5. The number of fused-ring (bicyclic) bond motifs is 1. The van der Waals surface area contributed by atoms with E-state index >= 15 is 0 Å². The van der Waals surface area contributed by atoms with E-state index in [2.05, 4.69) is 40.2 Å². The van der Waals surface area contributed by atoms with Crippen LogP contribution in [0.2, 0.25) is 0 Å². The maximum absolute atomic E-state index is 13.4. The molecule has 2 N–H and O–H groups in total. The van der Waals surface area contributed by atoms with Gasteiger partial charge < -0.3 is 25.0 Å². The fraction of sp³-hybridized carbons (Fsp3) is 0.481. The summed E-state index contributed by atoms with van der Waals surface area (Å²) < 4.78 is 7.16. The number of morpholine rings is 1. The predicted molar refractivity (Wildman–Crippen MR) is 141 cm³/mol. The van der Waals surface area contributed by atoms with Gasteiger partial charge in [-0.1, -0.05) is 18.2 Å². The molecular weight excluding hydrogens is 442 g/mol. The van der Waals surface area contributed by atoms with Gasteiger partial charge in [0.25, 0.3) is 5.56 Å². The summed E-state index contributed by atoms with van der Waals surface area (Å²) in [5.74, 6) is 0.686. The molecule has 0 saturated carbocycles. The van der Waals surface area contributed by atoms with Crippen LogP contribution in [0, 0.1) is 6.92 Å². The van der Waals surface area contributed by atoms with Crippen molar-refractivity contribution in [1.82, 2.24) is 9.55 Å². The van der Waals surface area contributed by atoms with E-state index < -0.39 is 0 Å². The van der Waals surface area contributed by atoms with Crippen molar-refractivity contribution in [3.05, 3.63) is 57.9 Å². The number of aliphatic hydroxyl groups excluding tert-OH is 1. The van der Waals surface area contributed by atoms with Gasteiger partial charge in [0, 0.05) is 38.8 Å². The summed E-state index contributed by atoms with van der Waals surface area (Å²) in [6.45, 7) is 8.41. The molecule has 1 aromatic heterocycles. The molecular formula is C27H35N5O3. The lowest BCUT2D eigenvalue weighted by molar-refractivity contribution is 0.121. The summed E-state index contributed by atoms with van der Waals surface area (Å²) in [6, 6.07) is 12.2. The van der Waals surface area contributed by atoms with Crippen molar-refractivity contribution in [2.45, 2.75) is 38.8 Å². The van der Waals surface area contributed by atoms with Gasteiger partial charge in [-0.05, 0) is 50.5 Å². The number of rotatable bonds is 5. The first-order valence-electron chi connectivity index (χ1n) is 12.5. The molecule has 0 aliphatic carbocycles. The molecule has 8 heteroatoms. The summed E-state index contributed by atoms with van der Waals surface area (Å²) in [5.41, 5.74) is 4.85. The standard InChI is InChI=1S/C27H35N5O3/c1-18-15-21(19(2)28-23-8-4-5-9-24(23)32-10-6-7-20(33)17-32)25-22(16-18)26(34)30(3)27(29-25)31-11-13-35-14-12-31/h4-5,8-9,15-16,19-20,28,33H,6-7,10-14,17H2,1-3H3/t19-,20+/m1/s1. The molecule has 0 bridgehead atoms. The van der Waals surface area contributed by atoms with E-state index in [1.54, 1.807) is 11.6 Å². The molecule has 2 aliphatic heterocycles. The van der Waals surface area contributed by atoms with Crippen molar-refractivity contribution in [2.24, 2.45) is 7.05 Å². The van der Waals surface area contributed by atoms with Crippen LogP contribution in [-0.2, 0) is 11.8 Å². The zero-order valence-corrected chi connectivity index (χ0v) is 20.8. The van der Waals surface area contributed by atoms with Crippen molar-refractivity contribution in [3.63, 3.8) is 0 Å². The molecule has 2 aromatic carbocycles. The number of nitrogens with zero attached hydrogens (tertiary/aromatic N) is 4. The highest BCUT2D eigenvalue weighted by Crippen LogP contribution is 2.33. The van der Waals surface area contributed by atoms with Crippen LogP contribution < -0.4 is 20.7 Å². The lowest BCUT2D eigenvalue weighted by Crippen LogP contribution is -2.40. The minimum absolute atomic E-state index is 0.0312. The number of benzene rings is 2. The van der Waals surface area contributed by atoms with Gasteiger partial charge in [-0.2, -0.15) is 0 Å². The average molecular weight is 478 g/mol. The number of aryl methyl sites for hydroxylation is 1. The zero-order chi connectivity index (χ0) is 24.5. The minimum Gasteiger partial charge on any atom is -0.391 e. The Labute approximate surface area is 206 Å². The van der Waals surface area contributed by atoms with Crippen LogP contribution in [-0.4, -0.2) is 60.2 Å². The molecule has 186 valence electrons. The fourth-order valence-electron chi connectivity index (χ4n) is 5.27. The molecule has 2 aliphatic rings. The Kier molecular flexibility index (Phi) is 6.67. The van der Waals surface area contributed by atoms with Crippen LogP contribution in [0.3, 0.4) is 0 Å². The van der Waals surface area contributed by atoms with Crippen LogP contribution in [0.1, 0.15) is 36.9 Å². The molecule has 2 saturated heterocycles. The Morgan fingerprint density at radius 3 is 2.69 bits per heavy atom. The SMILES string of the molecule is Cc1cc([C@@H](C)Nc2ccccc2N2CCC[C@H](O)C2)c2nc(N3CCOCC3)n(C)c(=O)c2c1. The maximum Gasteiger partial charge on any atom is 0.262 e.